The molecule has 4 rings (SSSR count). The minimum atomic E-state index is -3.60. The number of nitrogens with zero attached hydrogens (tertiary/aromatic N) is 1. The molecule has 1 amide bonds. The number of carbonyl (C=O) groups excluding carboxylic acids is 1. The third-order valence-corrected chi connectivity index (χ3v) is 6.50. The maximum absolute atomic E-state index is 12.5. The minimum absolute atomic E-state index is 0.102. The molecule has 2 saturated carbocycles. The third kappa shape index (κ3) is 5.77. The molecule has 2 aliphatic rings. The van der Waals surface area contributed by atoms with Crippen molar-refractivity contribution in [3.05, 3.63) is 53.7 Å². The van der Waals surface area contributed by atoms with Gasteiger partial charge in [-0.25, -0.2) is 18.1 Å². The Morgan fingerprint density at radius 1 is 1.10 bits per heavy atom. The van der Waals surface area contributed by atoms with E-state index >= 15 is 0 Å². The van der Waals surface area contributed by atoms with Crippen molar-refractivity contribution in [1.82, 2.24) is 15.0 Å². The van der Waals surface area contributed by atoms with Crippen molar-refractivity contribution in [1.29, 1.82) is 0 Å². The lowest BCUT2D eigenvalue weighted by atomic mass is 10.2. The number of aromatic nitrogens is 1. The van der Waals surface area contributed by atoms with Crippen molar-refractivity contribution in [2.24, 2.45) is 11.8 Å². The lowest BCUT2D eigenvalue weighted by molar-refractivity contribution is 0.0950. The Morgan fingerprint density at radius 3 is 2.59 bits per heavy atom. The molecule has 8 heteroatoms. The number of sulfonamides is 1. The van der Waals surface area contributed by atoms with Crippen LogP contribution in [0, 0.1) is 11.8 Å². The smallest absolute Gasteiger partial charge is 0.251 e. The molecular weight excluding hydrogens is 390 g/mol. The number of amides is 1. The van der Waals surface area contributed by atoms with E-state index < -0.39 is 10.0 Å². The SMILES string of the molecule is O=C(NCc1ccc(OCC2CC2)nc1)c1cccc(S(=O)(=O)NCC2CC2)c1. The summed E-state index contributed by atoms with van der Waals surface area (Å²) < 4.78 is 33.0. The molecule has 154 valence electrons. The second-order valence-electron chi connectivity index (χ2n) is 7.76. The van der Waals surface area contributed by atoms with Gasteiger partial charge in [0.05, 0.1) is 11.5 Å². The molecule has 0 saturated heterocycles. The van der Waals surface area contributed by atoms with Gasteiger partial charge in [-0.2, -0.15) is 0 Å². The van der Waals surface area contributed by atoms with Crippen LogP contribution in [0.1, 0.15) is 41.6 Å². The van der Waals surface area contributed by atoms with Gasteiger partial charge in [0.25, 0.3) is 5.91 Å². The highest BCUT2D eigenvalue weighted by molar-refractivity contribution is 7.89. The molecule has 1 aromatic heterocycles. The quantitative estimate of drug-likeness (QED) is 0.621. The predicted octanol–water partition coefficient (Wildman–Crippen LogP) is 2.49. The lowest BCUT2D eigenvalue weighted by Crippen LogP contribution is -2.27. The first-order chi connectivity index (χ1) is 14.0. The molecule has 1 aromatic carbocycles. The number of pyridine rings is 1. The van der Waals surface area contributed by atoms with Crippen LogP contribution in [0.3, 0.4) is 0 Å². The zero-order chi connectivity index (χ0) is 20.3. The fourth-order valence-corrected chi connectivity index (χ4v) is 3.97. The molecule has 1 heterocycles. The van der Waals surface area contributed by atoms with E-state index in [-0.39, 0.29) is 10.8 Å². The zero-order valence-corrected chi connectivity index (χ0v) is 17.0. The van der Waals surface area contributed by atoms with Crippen LogP contribution in [0.5, 0.6) is 5.88 Å². The van der Waals surface area contributed by atoms with Crippen molar-refractivity contribution in [3.63, 3.8) is 0 Å². The van der Waals surface area contributed by atoms with E-state index in [1.165, 1.54) is 25.0 Å². The Bertz CT molecular complexity index is 968. The van der Waals surface area contributed by atoms with Crippen LogP contribution < -0.4 is 14.8 Å². The summed E-state index contributed by atoms with van der Waals surface area (Å²) in [7, 11) is -3.60. The molecule has 2 aromatic rings. The van der Waals surface area contributed by atoms with Gasteiger partial charge >= 0.3 is 0 Å². The maximum Gasteiger partial charge on any atom is 0.251 e. The third-order valence-electron chi connectivity index (χ3n) is 5.08. The molecule has 0 aliphatic heterocycles. The van der Waals surface area contributed by atoms with Crippen molar-refractivity contribution in [2.75, 3.05) is 13.2 Å². The van der Waals surface area contributed by atoms with Crippen LogP contribution in [0.15, 0.2) is 47.5 Å². The highest BCUT2D eigenvalue weighted by atomic mass is 32.2. The molecular formula is C21H25N3O4S. The Labute approximate surface area is 170 Å². The standard InChI is InChI=1S/C21H25N3O4S/c25-21(23-12-17-8-9-20(22-11-17)28-14-16-6-7-16)18-2-1-3-19(10-18)29(26,27)24-13-15-4-5-15/h1-3,8-11,15-16,24H,4-7,12-14H2,(H,23,25). The van der Waals surface area contributed by atoms with Gasteiger partial charge in [0.15, 0.2) is 0 Å². The molecule has 2 N–H and O–H groups in total. The number of ether oxygens (including phenoxy) is 1. The first-order valence-corrected chi connectivity index (χ1v) is 11.4. The van der Waals surface area contributed by atoms with Gasteiger partial charge < -0.3 is 10.1 Å². The van der Waals surface area contributed by atoms with E-state index in [1.54, 1.807) is 24.4 Å². The molecule has 2 fully saturated rings. The van der Waals surface area contributed by atoms with Gasteiger partial charge in [0, 0.05) is 30.9 Å². The second kappa shape index (κ2) is 8.51. The first-order valence-electron chi connectivity index (χ1n) is 9.95. The maximum atomic E-state index is 12.5. The van der Waals surface area contributed by atoms with E-state index in [0.717, 1.165) is 18.4 Å². The zero-order valence-electron chi connectivity index (χ0n) is 16.1. The van der Waals surface area contributed by atoms with Crippen LogP contribution in [0.4, 0.5) is 0 Å². The van der Waals surface area contributed by atoms with Crippen molar-refractivity contribution >= 4 is 15.9 Å². The van der Waals surface area contributed by atoms with Gasteiger partial charge in [-0.1, -0.05) is 12.1 Å². The summed E-state index contributed by atoms with van der Waals surface area (Å²) in [5, 5.41) is 2.80. The average molecular weight is 416 g/mol. The monoisotopic (exact) mass is 415 g/mol. The van der Waals surface area contributed by atoms with Gasteiger partial charge in [-0.15, -0.1) is 0 Å². The van der Waals surface area contributed by atoms with Crippen molar-refractivity contribution in [2.45, 2.75) is 37.1 Å². The number of benzene rings is 1. The summed E-state index contributed by atoms with van der Waals surface area (Å²) >= 11 is 0. The topological polar surface area (TPSA) is 97.4 Å². The van der Waals surface area contributed by atoms with Crippen LogP contribution >= 0.6 is 0 Å². The lowest BCUT2D eigenvalue weighted by Gasteiger charge is -2.09. The Kier molecular flexibility index (Phi) is 5.82. The van der Waals surface area contributed by atoms with Crippen LogP contribution in [-0.4, -0.2) is 32.5 Å². The fourth-order valence-electron chi connectivity index (χ4n) is 2.81. The van der Waals surface area contributed by atoms with E-state index in [4.69, 9.17) is 4.74 Å². The van der Waals surface area contributed by atoms with E-state index in [2.05, 4.69) is 15.0 Å². The Hall–Kier alpha value is -2.45. The fraction of sp³-hybridized carbons (Fsp3) is 0.429. The Morgan fingerprint density at radius 2 is 1.90 bits per heavy atom. The van der Waals surface area contributed by atoms with Crippen LogP contribution in [0.25, 0.3) is 0 Å². The summed E-state index contributed by atoms with van der Waals surface area (Å²) in [5.41, 5.74) is 1.14. The summed E-state index contributed by atoms with van der Waals surface area (Å²) in [6.45, 7) is 1.45. The summed E-state index contributed by atoms with van der Waals surface area (Å²) in [5.74, 6) is 1.36. The molecule has 0 atom stereocenters. The number of nitrogens with one attached hydrogen (secondary N) is 2. The normalized spacial score (nSPS) is 16.4. The highest BCUT2D eigenvalue weighted by Crippen LogP contribution is 2.29. The number of rotatable bonds is 10. The van der Waals surface area contributed by atoms with Crippen LogP contribution in [-0.2, 0) is 16.6 Å². The van der Waals surface area contributed by atoms with E-state index in [0.29, 0.717) is 43.0 Å². The number of hydrogen-bond donors (Lipinski definition) is 2. The number of hydrogen-bond acceptors (Lipinski definition) is 5. The summed E-state index contributed by atoms with van der Waals surface area (Å²) in [6.07, 6.45) is 6.25. The van der Waals surface area contributed by atoms with Crippen LogP contribution in [0.2, 0.25) is 0 Å². The molecule has 0 spiro atoms. The van der Waals surface area contributed by atoms with Gasteiger partial charge in [-0.3, -0.25) is 4.79 Å². The molecule has 2 aliphatic carbocycles. The van der Waals surface area contributed by atoms with Gasteiger partial charge in [0.1, 0.15) is 0 Å². The van der Waals surface area contributed by atoms with Gasteiger partial charge in [0.2, 0.25) is 15.9 Å². The largest absolute Gasteiger partial charge is 0.477 e. The molecule has 0 unspecified atom stereocenters. The minimum Gasteiger partial charge on any atom is -0.477 e. The van der Waals surface area contributed by atoms with Crippen molar-refractivity contribution < 1.29 is 17.9 Å². The summed E-state index contributed by atoms with van der Waals surface area (Å²) in [6, 6.07) is 9.73. The molecule has 0 radical (unpaired) electrons. The average Bonchev–Trinajstić information content (AvgIpc) is 3.64. The van der Waals surface area contributed by atoms with E-state index in [9.17, 15) is 13.2 Å². The molecule has 29 heavy (non-hydrogen) atoms. The summed E-state index contributed by atoms with van der Waals surface area (Å²) in [4.78, 5) is 16.8. The Balaban J connectivity index is 1.32. The predicted molar refractivity (Wildman–Crippen MR) is 108 cm³/mol. The second-order valence-corrected chi connectivity index (χ2v) is 9.53. The first kappa shape index (κ1) is 19.8. The number of carbonyl (C=O) groups is 1. The molecule has 7 nitrogen and oxygen atoms in total. The molecule has 0 bridgehead atoms. The van der Waals surface area contributed by atoms with E-state index in [1.807, 2.05) is 6.07 Å². The van der Waals surface area contributed by atoms with Gasteiger partial charge in [-0.05, 0) is 61.3 Å². The van der Waals surface area contributed by atoms with Crippen molar-refractivity contribution in [3.8, 4) is 5.88 Å². The highest BCUT2D eigenvalue weighted by Gasteiger charge is 2.24.